The van der Waals surface area contributed by atoms with E-state index >= 15 is 0 Å². The van der Waals surface area contributed by atoms with Gasteiger partial charge in [-0.15, -0.1) is 0 Å². The monoisotopic (exact) mass is 225 g/mol. The first kappa shape index (κ1) is 12.2. The predicted molar refractivity (Wildman–Crippen MR) is 58.6 cm³/mol. The molecule has 0 fully saturated rings. The Labute approximate surface area is 89.6 Å². The second kappa shape index (κ2) is 5.24. The van der Waals surface area contributed by atoms with E-state index in [9.17, 15) is 14.3 Å². The van der Waals surface area contributed by atoms with E-state index in [-0.39, 0.29) is 12.6 Å². The molecule has 1 aromatic rings. The second-order valence-electron chi connectivity index (χ2n) is 3.33. The minimum absolute atomic E-state index is 0.0683. The first-order chi connectivity index (χ1) is 7.11. The van der Waals surface area contributed by atoms with Crippen molar-refractivity contribution in [3.05, 3.63) is 29.8 Å². The number of benzene rings is 1. The average Bonchev–Trinajstić information content (AvgIpc) is 2.26. The molecule has 0 aliphatic heterocycles. The van der Waals surface area contributed by atoms with E-state index in [1.807, 2.05) is 13.0 Å². The Balaban J connectivity index is 3.02. The van der Waals surface area contributed by atoms with Crippen LogP contribution in [-0.4, -0.2) is 12.4 Å². The lowest BCUT2D eigenvalue weighted by Gasteiger charge is -2.25. The minimum Gasteiger partial charge on any atom is -0.796 e. The summed E-state index contributed by atoms with van der Waals surface area (Å²) in [6.45, 7) is 1.92. The molecule has 3 nitrogen and oxygen atoms in total. The normalized spacial score (nSPS) is 14.5. The summed E-state index contributed by atoms with van der Waals surface area (Å²) in [5.41, 5.74) is 0.821. The molecular weight excluding hydrogens is 211 g/mol. The molecule has 0 aliphatic carbocycles. The fourth-order valence-electron chi connectivity index (χ4n) is 1.49. The number of aryl methyl sites for hydroxylation is 1. The molecule has 82 valence electrons. The molecule has 1 aromatic carbocycles. The van der Waals surface area contributed by atoms with Gasteiger partial charge in [0.1, 0.15) is 6.29 Å². The van der Waals surface area contributed by atoms with E-state index in [4.69, 9.17) is 0 Å². The van der Waals surface area contributed by atoms with Gasteiger partial charge in [-0.1, -0.05) is 31.2 Å². The lowest BCUT2D eigenvalue weighted by molar-refractivity contribution is -0.171. The van der Waals surface area contributed by atoms with E-state index < -0.39 is 7.37 Å². The summed E-state index contributed by atoms with van der Waals surface area (Å²) in [6.07, 6.45) is 1.31. The Morgan fingerprint density at radius 3 is 2.67 bits per heavy atom. The molecule has 0 aromatic heterocycles. The number of aldehydes is 1. The molecule has 0 N–H and O–H groups in total. The molecule has 1 atom stereocenters. The van der Waals surface area contributed by atoms with Crippen LogP contribution >= 0.6 is 7.37 Å². The Hall–Kier alpha value is -0.920. The van der Waals surface area contributed by atoms with Gasteiger partial charge in [-0.25, -0.2) is 0 Å². The van der Waals surface area contributed by atoms with Gasteiger partial charge in [0.15, 0.2) is 0 Å². The van der Waals surface area contributed by atoms with Crippen molar-refractivity contribution in [3.8, 4) is 0 Å². The van der Waals surface area contributed by atoms with E-state index in [0.717, 1.165) is 5.56 Å². The van der Waals surface area contributed by atoms with Crippen LogP contribution in [0.5, 0.6) is 0 Å². The topological polar surface area (TPSA) is 57.2 Å². The molecule has 0 saturated carbocycles. The van der Waals surface area contributed by atoms with Crippen molar-refractivity contribution < 1.29 is 14.3 Å². The van der Waals surface area contributed by atoms with Gasteiger partial charge in [-0.05, 0) is 18.1 Å². The Morgan fingerprint density at radius 2 is 2.07 bits per heavy atom. The molecule has 0 spiro atoms. The van der Waals surface area contributed by atoms with Crippen LogP contribution in [0.2, 0.25) is 0 Å². The summed E-state index contributed by atoms with van der Waals surface area (Å²) < 4.78 is 11.8. The summed E-state index contributed by atoms with van der Waals surface area (Å²) in [7, 11) is -3.60. The minimum atomic E-state index is -3.60. The fraction of sp³-hybridized carbons (Fsp3) is 0.364. The van der Waals surface area contributed by atoms with Crippen molar-refractivity contribution >= 4 is 19.0 Å². The van der Waals surface area contributed by atoms with Crippen LogP contribution < -0.4 is 10.2 Å². The second-order valence-corrected chi connectivity index (χ2v) is 5.61. The number of hydrogen-bond acceptors (Lipinski definition) is 3. The highest BCUT2D eigenvalue weighted by Crippen LogP contribution is 2.35. The molecule has 4 heteroatoms. The van der Waals surface area contributed by atoms with Crippen LogP contribution in [0.3, 0.4) is 0 Å². The Bertz CT molecular complexity index is 387. The molecule has 0 amide bonds. The van der Waals surface area contributed by atoms with Crippen LogP contribution in [0.25, 0.3) is 0 Å². The first-order valence-corrected chi connectivity index (χ1v) is 6.75. The molecule has 15 heavy (non-hydrogen) atoms. The summed E-state index contributed by atoms with van der Waals surface area (Å²) in [5, 5.41) is 0.384. The van der Waals surface area contributed by atoms with Crippen LogP contribution in [-0.2, 0) is 15.8 Å². The Kier molecular flexibility index (Phi) is 4.25. The van der Waals surface area contributed by atoms with Crippen LogP contribution in [0.15, 0.2) is 24.3 Å². The van der Waals surface area contributed by atoms with Gasteiger partial charge in [0.2, 0.25) is 0 Å². The molecule has 0 heterocycles. The molecule has 0 aliphatic rings. The fourth-order valence-corrected chi connectivity index (χ4v) is 3.15. The molecular formula is C11H14O3P-. The molecule has 1 unspecified atom stereocenters. The van der Waals surface area contributed by atoms with Crippen molar-refractivity contribution in [2.24, 2.45) is 0 Å². The number of carbonyl (C=O) groups excluding carboxylic acids is 1. The number of carbonyl (C=O) groups is 1. The highest BCUT2D eigenvalue weighted by molar-refractivity contribution is 7.64. The maximum Gasteiger partial charge on any atom is 0.120 e. The highest BCUT2D eigenvalue weighted by atomic mass is 31.2. The zero-order valence-electron chi connectivity index (χ0n) is 8.68. The van der Waals surface area contributed by atoms with Crippen LogP contribution in [0.1, 0.15) is 18.9 Å². The largest absolute Gasteiger partial charge is 0.796 e. The molecule has 0 bridgehead atoms. The summed E-state index contributed by atoms with van der Waals surface area (Å²) in [5.74, 6) is 0. The predicted octanol–water partition coefficient (Wildman–Crippen LogP) is 1.10. The van der Waals surface area contributed by atoms with Gasteiger partial charge < -0.3 is 14.3 Å². The zero-order valence-corrected chi connectivity index (χ0v) is 9.57. The third-order valence-corrected chi connectivity index (χ3v) is 4.30. The van der Waals surface area contributed by atoms with Crippen molar-refractivity contribution in [2.45, 2.75) is 19.8 Å². The smallest absolute Gasteiger partial charge is 0.120 e. The van der Waals surface area contributed by atoms with E-state index in [2.05, 4.69) is 0 Å². The molecule has 0 radical (unpaired) electrons. The maximum absolute atomic E-state index is 11.8. The SMILES string of the molecule is CCc1ccccc1P(=O)([O-])CCC=O. The van der Waals surface area contributed by atoms with Crippen molar-refractivity contribution in [1.29, 1.82) is 0 Å². The van der Waals surface area contributed by atoms with E-state index in [1.54, 1.807) is 18.2 Å². The van der Waals surface area contributed by atoms with Gasteiger partial charge in [-0.2, -0.15) is 0 Å². The maximum atomic E-state index is 11.8. The standard InChI is InChI=1S/C11H15O3P/c1-2-10-6-3-4-7-11(10)15(13,14)9-5-8-12/h3-4,6-8H,2,5,9H2,1H3,(H,13,14)/p-1. The highest BCUT2D eigenvalue weighted by Gasteiger charge is 2.13. The van der Waals surface area contributed by atoms with Crippen molar-refractivity contribution in [1.82, 2.24) is 0 Å². The van der Waals surface area contributed by atoms with Crippen molar-refractivity contribution in [2.75, 3.05) is 6.16 Å². The van der Waals surface area contributed by atoms with Gasteiger partial charge in [0.05, 0.1) is 0 Å². The van der Waals surface area contributed by atoms with Crippen molar-refractivity contribution in [3.63, 3.8) is 0 Å². The van der Waals surface area contributed by atoms with Gasteiger partial charge in [-0.3, -0.25) is 0 Å². The van der Waals surface area contributed by atoms with Gasteiger partial charge >= 0.3 is 0 Å². The molecule has 0 saturated heterocycles. The lowest BCUT2D eigenvalue weighted by Crippen LogP contribution is -2.21. The number of hydrogen-bond donors (Lipinski definition) is 0. The van der Waals surface area contributed by atoms with E-state index in [1.165, 1.54) is 0 Å². The average molecular weight is 225 g/mol. The van der Waals surface area contributed by atoms with E-state index in [0.29, 0.717) is 18.0 Å². The third kappa shape index (κ3) is 3.01. The van der Waals surface area contributed by atoms with Crippen LogP contribution in [0.4, 0.5) is 0 Å². The summed E-state index contributed by atoms with van der Waals surface area (Å²) >= 11 is 0. The molecule has 1 rings (SSSR count). The quantitative estimate of drug-likeness (QED) is 0.557. The first-order valence-electron chi connectivity index (χ1n) is 4.94. The van der Waals surface area contributed by atoms with Gasteiger partial charge in [0, 0.05) is 19.1 Å². The summed E-state index contributed by atoms with van der Waals surface area (Å²) in [4.78, 5) is 22.0. The lowest BCUT2D eigenvalue weighted by atomic mass is 10.2. The zero-order chi connectivity index (χ0) is 11.3. The third-order valence-electron chi connectivity index (χ3n) is 2.28. The number of rotatable bonds is 5. The summed E-state index contributed by atoms with van der Waals surface area (Å²) in [6, 6.07) is 6.94. The van der Waals surface area contributed by atoms with Crippen LogP contribution in [0, 0.1) is 0 Å². The Morgan fingerprint density at radius 1 is 1.40 bits per heavy atom. The van der Waals surface area contributed by atoms with Gasteiger partial charge in [0.25, 0.3) is 0 Å².